The largest absolute Gasteiger partial charge is 0.394 e. The van der Waals surface area contributed by atoms with Gasteiger partial charge in [0, 0.05) is 35.8 Å². The van der Waals surface area contributed by atoms with Gasteiger partial charge in [-0.05, 0) is 53.4 Å². The van der Waals surface area contributed by atoms with Gasteiger partial charge in [0.2, 0.25) is 5.91 Å². The molecule has 4 heterocycles. The van der Waals surface area contributed by atoms with Crippen LogP contribution in [0.25, 0.3) is 0 Å². The van der Waals surface area contributed by atoms with E-state index in [1.165, 1.54) is 47.4 Å². The van der Waals surface area contributed by atoms with Gasteiger partial charge in [0.1, 0.15) is 36.6 Å². The lowest BCUT2D eigenvalue weighted by molar-refractivity contribution is -0.274. The smallest absolute Gasteiger partial charge is 0.264 e. The predicted octanol–water partition coefficient (Wildman–Crippen LogP) is -2.57. The molecule has 20 heteroatoms. The maximum absolute atomic E-state index is 14.5. The first-order valence-electron chi connectivity index (χ1n) is 20.2. The summed E-state index contributed by atoms with van der Waals surface area (Å²) in [7, 11) is 0. The number of nitrogens with one attached hydrogen (secondary N) is 2. The standard InChI is InChI=1S/C43H50N4O16/c1-20(6-4-11-29(49)46-18-23-9-3-2-8-22(23)15-26(46)19-48)43(61)27-16-25(45-39(57)37-33(53)31(51)35(55)41(59)63-37)12-13-28(27)47(42(43)60)17-21-7-5-10-24(14-21)44-38(56)36-32(52)30(50)34(54)40(58)62-36/h2-10,12-14,16,20,26,30-37,40-41,48,50-55,58-59,61H,11,15,17-19H2,1H3,(H,44,56)(H,45,57)/b6-4+/t20-,26-,30-,31-,32-,33-,34+,35+,36-,37-,40+,41+,43+/m0/s1. The van der Waals surface area contributed by atoms with Gasteiger partial charge in [-0.3, -0.25) is 19.2 Å². The maximum atomic E-state index is 14.5. The highest BCUT2D eigenvalue weighted by molar-refractivity contribution is 6.08. The summed E-state index contributed by atoms with van der Waals surface area (Å²) >= 11 is 0. The Hall–Kier alpha value is -5.20. The van der Waals surface area contributed by atoms with E-state index in [2.05, 4.69) is 10.6 Å². The Kier molecular flexibility index (Phi) is 13.4. The molecule has 0 aromatic heterocycles. The maximum Gasteiger partial charge on any atom is 0.264 e. The number of aliphatic hydroxyl groups is 10. The first-order chi connectivity index (χ1) is 29.9. The third-order valence-corrected chi connectivity index (χ3v) is 12.0. The second-order valence-electron chi connectivity index (χ2n) is 16.2. The van der Waals surface area contributed by atoms with Crippen molar-refractivity contribution in [2.24, 2.45) is 5.92 Å². The highest BCUT2D eigenvalue weighted by Crippen LogP contribution is 2.47. The number of amides is 4. The van der Waals surface area contributed by atoms with Gasteiger partial charge in [0.05, 0.1) is 24.9 Å². The molecule has 2 saturated heterocycles. The second kappa shape index (κ2) is 18.5. The molecule has 4 aliphatic heterocycles. The number of fused-ring (bicyclic) bond motifs is 2. The molecular weight excluding hydrogens is 828 g/mol. The highest BCUT2D eigenvalue weighted by Gasteiger charge is 2.53. The first-order valence-corrected chi connectivity index (χ1v) is 20.2. The molecular formula is C43H50N4O16. The minimum absolute atomic E-state index is 0.00379. The molecule has 0 unspecified atom stereocenters. The van der Waals surface area contributed by atoms with Crippen LogP contribution in [0.1, 0.15) is 35.6 Å². The van der Waals surface area contributed by atoms with Crippen molar-refractivity contribution >= 4 is 40.7 Å². The Morgan fingerprint density at radius 1 is 0.778 bits per heavy atom. The number of benzene rings is 3. The minimum atomic E-state index is -2.32. The minimum Gasteiger partial charge on any atom is -0.394 e. The number of ether oxygens (including phenoxy) is 2. The van der Waals surface area contributed by atoms with E-state index in [0.29, 0.717) is 18.5 Å². The lowest BCUT2D eigenvalue weighted by atomic mass is 9.82. The van der Waals surface area contributed by atoms with Gasteiger partial charge in [0.25, 0.3) is 17.7 Å². The van der Waals surface area contributed by atoms with Crippen molar-refractivity contribution in [3.05, 3.63) is 101 Å². The van der Waals surface area contributed by atoms with E-state index in [9.17, 15) is 70.2 Å². The van der Waals surface area contributed by atoms with E-state index in [0.717, 1.165) is 11.1 Å². The third kappa shape index (κ3) is 8.85. The van der Waals surface area contributed by atoms with Crippen molar-refractivity contribution < 1.29 is 79.7 Å². The molecule has 0 bridgehead atoms. The average Bonchev–Trinajstić information content (AvgIpc) is 3.48. The van der Waals surface area contributed by atoms with E-state index < -0.39 is 96.7 Å². The number of rotatable bonds is 11. The van der Waals surface area contributed by atoms with Crippen LogP contribution in [0.15, 0.2) is 78.9 Å². The van der Waals surface area contributed by atoms with Gasteiger partial charge in [-0.2, -0.15) is 0 Å². The Morgan fingerprint density at radius 2 is 1.37 bits per heavy atom. The summed E-state index contributed by atoms with van der Waals surface area (Å²) in [6, 6.07) is 17.5. The zero-order valence-corrected chi connectivity index (χ0v) is 33.8. The monoisotopic (exact) mass is 878 g/mol. The van der Waals surface area contributed by atoms with Crippen molar-refractivity contribution in [1.82, 2.24) is 4.90 Å². The number of carbonyl (C=O) groups excluding carboxylic acids is 4. The van der Waals surface area contributed by atoms with Crippen molar-refractivity contribution in [1.29, 1.82) is 0 Å². The molecule has 0 saturated carbocycles. The van der Waals surface area contributed by atoms with Crippen molar-refractivity contribution in [3.8, 4) is 0 Å². The molecule has 12 N–H and O–H groups in total. The molecule has 7 rings (SSSR count). The molecule has 3 aromatic rings. The van der Waals surface area contributed by atoms with Gasteiger partial charge in [-0.25, -0.2) is 0 Å². The van der Waals surface area contributed by atoms with Gasteiger partial charge >= 0.3 is 0 Å². The lowest BCUT2D eigenvalue weighted by Crippen LogP contribution is -2.60. The molecule has 338 valence electrons. The zero-order chi connectivity index (χ0) is 45.5. The number of nitrogens with zero attached hydrogens (tertiary/aromatic N) is 2. The molecule has 4 amide bonds. The van der Waals surface area contributed by atoms with Crippen LogP contribution in [-0.4, -0.2) is 154 Å². The Balaban J connectivity index is 1.13. The molecule has 20 nitrogen and oxygen atoms in total. The number of hydrogen-bond acceptors (Lipinski definition) is 16. The molecule has 4 aliphatic rings. The second-order valence-corrected chi connectivity index (χ2v) is 16.2. The highest BCUT2D eigenvalue weighted by atomic mass is 16.6. The molecule has 63 heavy (non-hydrogen) atoms. The van der Waals surface area contributed by atoms with Crippen LogP contribution in [-0.2, 0) is 53.8 Å². The van der Waals surface area contributed by atoms with E-state index in [-0.39, 0.29) is 48.1 Å². The van der Waals surface area contributed by atoms with Crippen molar-refractivity contribution in [2.75, 3.05) is 22.1 Å². The summed E-state index contributed by atoms with van der Waals surface area (Å²) in [6.45, 7) is 1.41. The molecule has 13 atom stereocenters. The predicted molar refractivity (Wildman–Crippen MR) is 218 cm³/mol. The number of hydrogen-bond donors (Lipinski definition) is 12. The summed E-state index contributed by atoms with van der Waals surface area (Å²) in [6.07, 6.45) is -15.5. The normalized spacial score (nSPS) is 32.2. The quantitative estimate of drug-likeness (QED) is 0.0881. The zero-order valence-electron chi connectivity index (χ0n) is 33.8. The fraction of sp³-hybridized carbons (Fsp3) is 0.442. The van der Waals surface area contributed by atoms with Crippen molar-refractivity contribution in [3.63, 3.8) is 0 Å². The van der Waals surface area contributed by atoms with Gasteiger partial charge < -0.3 is 81.0 Å². The Labute approximate surface area is 359 Å². The average molecular weight is 879 g/mol. The molecule has 2 fully saturated rings. The summed E-state index contributed by atoms with van der Waals surface area (Å²) < 4.78 is 10.1. The van der Waals surface area contributed by atoms with E-state index in [4.69, 9.17) is 9.47 Å². The first kappa shape index (κ1) is 45.8. The van der Waals surface area contributed by atoms with Gasteiger partial charge in [-0.15, -0.1) is 0 Å². The summed E-state index contributed by atoms with van der Waals surface area (Å²) in [5.41, 5.74) is 0.476. The Bertz CT molecular complexity index is 2240. The Morgan fingerprint density at radius 3 is 1.97 bits per heavy atom. The molecule has 0 aliphatic carbocycles. The molecule has 0 spiro atoms. The van der Waals surface area contributed by atoms with Crippen LogP contribution >= 0.6 is 0 Å². The summed E-state index contributed by atoms with van der Waals surface area (Å²) in [5, 5.41) is 108. The van der Waals surface area contributed by atoms with Crippen LogP contribution in [0.5, 0.6) is 0 Å². The number of carbonyl (C=O) groups is 4. The molecule has 3 aromatic carbocycles. The van der Waals surface area contributed by atoms with Crippen LogP contribution < -0.4 is 15.5 Å². The van der Waals surface area contributed by atoms with Crippen LogP contribution in [0.2, 0.25) is 0 Å². The van der Waals surface area contributed by atoms with Crippen LogP contribution in [0.4, 0.5) is 17.1 Å². The number of anilines is 3. The molecule has 0 radical (unpaired) electrons. The summed E-state index contributed by atoms with van der Waals surface area (Å²) in [5.74, 6) is -4.11. The van der Waals surface area contributed by atoms with E-state index >= 15 is 0 Å². The van der Waals surface area contributed by atoms with Crippen LogP contribution in [0, 0.1) is 5.92 Å². The fourth-order valence-electron chi connectivity index (χ4n) is 8.37. The third-order valence-electron chi connectivity index (χ3n) is 12.0. The fourth-order valence-corrected chi connectivity index (χ4v) is 8.37. The van der Waals surface area contributed by atoms with E-state index in [1.807, 2.05) is 24.3 Å². The van der Waals surface area contributed by atoms with E-state index in [1.54, 1.807) is 24.0 Å². The van der Waals surface area contributed by atoms with Crippen molar-refractivity contribution in [2.45, 2.75) is 106 Å². The van der Waals surface area contributed by atoms with Gasteiger partial charge in [-0.1, -0.05) is 55.5 Å². The SMILES string of the molecule is C[C@@H](/C=C/CC(=O)N1Cc2ccccc2C[C@H]1CO)[C@]1(O)C(=O)N(Cc2cccc(NC(=O)[C@H]3O[C@@H](O)[C@H](O)[C@@H](O)[C@@H]3O)c2)c2ccc(NC(=O)[C@H]3O[C@@H](O)[C@H](O)[C@@H](O)[C@@H]3O)cc21. The topological polar surface area (TPSA) is 320 Å². The number of aliphatic hydroxyl groups excluding tert-OH is 9. The summed E-state index contributed by atoms with van der Waals surface area (Å²) in [4.78, 5) is 57.2. The van der Waals surface area contributed by atoms with Crippen LogP contribution in [0.3, 0.4) is 0 Å². The lowest BCUT2D eigenvalue weighted by Gasteiger charge is -2.37. The van der Waals surface area contributed by atoms with Gasteiger partial charge in [0.15, 0.2) is 30.4 Å².